The first-order chi connectivity index (χ1) is 6.11. The molecule has 0 aromatic carbocycles. The Morgan fingerprint density at radius 1 is 1.69 bits per heavy atom. The van der Waals surface area contributed by atoms with Gasteiger partial charge in [0.15, 0.2) is 0 Å². The normalized spacial score (nSPS) is 20.2. The van der Waals surface area contributed by atoms with Gasteiger partial charge in [-0.1, -0.05) is 0 Å². The number of carbonyl (C=O) groups is 2. The van der Waals surface area contributed by atoms with Gasteiger partial charge in [-0.2, -0.15) is 0 Å². The Balaban J connectivity index is 0.000000310. The molecule has 13 heavy (non-hydrogen) atoms. The highest BCUT2D eigenvalue weighted by molar-refractivity contribution is 5.87. The Morgan fingerprint density at radius 2 is 2.23 bits per heavy atom. The maximum Gasteiger partial charge on any atom is 0.326 e. The Bertz CT molecular complexity index is 181. The van der Waals surface area contributed by atoms with E-state index in [0.717, 1.165) is 0 Å². The number of hydrogen-bond donors (Lipinski definition) is 4. The molecule has 0 aromatic heterocycles. The first-order valence-electron chi connectivity index (χ1n) is 3.95. The number of aliphatic hydroxyl groups is 1. The van der Waals surface area contributed by atoms with Gasteiger partial charge in [-0.25, -0.2) is 4.79 Å². The second-order valence-electron chi connectivity index (χ2n) is 2.51. The van der Waals surface area contributed by atoms with E-state index in [1.54, 1.807) is 0 Å². The smallest absolute Gasteiger partial charge is 0.326 e. The van der Waals surface area contributed by atoms with E-state index in [4.69, 9.17) is 15.9 Å². The summed E-state index contributed by atoms with van der Waals surface area (Å²) in [7, 11) is 0. The Morgan fingerprint density at radius 3 is 2.38 bits per heavy atom. The maximum absolute atomic E-state index is 10.4. The van der Waals surface area contributed by atoms with E-state index in [9.17, 15) is 9.59 Å². The van der Waals surface area contributed by atoms with Crippen molar-refractivity contribution in [2.24, 2.45) is 5.73 Å². The minimum absolute atomic E-state index is 0.0972. The van der Waals surface area contributed by atoms with Gasteiger partial charge in [0.2, 0.25) is 5.91 Å². The fourth-order valence-corrected chi connectivity index (χ4v) is 0.799. The van der Waals surface area contributed by atoms with Crippen molar-refractivity contribution >= 4 is 11.9 Å². The summed E-state index contributed by atoms with van der Waals surface area (Å²) in [6, 6.07) is -0.641. The number of carboxylic acid groups (broad SMARTS) is 1. The summed E-state index contributed by atoms with van der Waals surface area (Å²) >= 11 is 0. The number of aliphatic carboxylic acids is 1. The molecule has 5 N–H and O–H groups in total. The molecule has 0 spiro atoms. The molecule has 0 aliphatic carbocycles. The van der Waals surface area contributed by atoms with E-state index < -0.39 is 12.0 Å². The predicted molar refractivity (Wildman–Crippen MR) is 44.9 cm³/mol. The van der Waals surface area contributed by atoms with Crippen LogP contribution in [0.5, 0.6) is 0 Å². The number of amides is 1. The minimum Gasteiger partial charge on any atom is -0.480 e. The molecule has 0 bridgehead atoms. The zero-order valence-electron chi connectivity index (χ0n) is 7.19. The molecule has 1 aliphatic heterocycles. The van der Waals surface area contributed by atoms with Crippen molar-refractivity contribution < 1.29 is 19.8 Å². The number of carbonyl (C=O) groups excluding carboxylic acids is 1. The average molecular weight is 190 g/mol. The van der Waals surface area contributed by atoms with Crippen molar-refractivity contribution in [2.75, 3.05) is 13.2 Å². The largest absolute Gasteiger partial charge is 0.480 e. The van der Waals surface area contributed by atoms with Gasteiger partial charge in [-0.3, -0.25) is 4.79 Å². The van der Waals surface area contributed by atoms with Gasteiger partial charge >= 0.3 is 5.97 Å². The van der Waals surface area contributed by atoms with Crippen molar-refractivity contribution in [2.45, 2.75) is 18.9 Å². The monoisotopic (exact) mass is 190 g/mol. The van der Waals surface area contributed by atoms with E-state index in [1.807, 2.05) is 0 Å². The summed E-state index contributed by atoms with van der Waals surface area (Å²) < 4.78 is 0. The van der Waals surface area contributed by atoms with Crippen LogP contribution in [0.1, 0.15) is 12.8 Å². The molecule has 0 saturated carbocycles. The Kier molecular flexibility index (Phi) is 5.82. The van der Waals surface area contributed by atoms with Gasteiger partial charge < -0.3 is 21.3 Å². The minimum atomic E-state index is -0.944. The van der Waals surface area contributed by atoms with Crippen molar-refractivity contribution in [3.8, 4) is 0 Å². The highest BCUT2D eigenvalue weighted by atomic mass is 16.4. The number of rotatable bonds is 2. The molecular formula is C7H14N2O4. The van der Waals surface area contributed by atoms with Crippen LogP contribution in [0.4, 0.5) is 0 Å². The quantitative estimate of drug-likeness (QED) is 0.414. The van der Waals surface area contributed by atoms with Gasteiger partial charge in [-0.15, -0.1) is 0 Å². The summed E-state index contributed by atoms with van der Waals surface area (Å²) in [6.07, 6.45) is 0.769. The molecular weight excluding hydrogens is 176 g/mol. The molecule has 0 aromatic rings. The molecule has 1 heterocycles. The second-order valence-corrected chi connectivity index (χ2v) is 2.51. The SMILES string of the molecule is NCCO.O=C1CCC(C(=O)O)N1. The van der Waals surface area contributed by atoms with Gasteiger partial charge in [0.05, 0.1) is 6.61 Å². The molecule has 1 unspecified atom stereocenters. The van der Waals surface area contributed by atoms with E-state index in [1.165, 1.54) is 0 Å². The molecule has 6 heteroatoms. The molecule has 1 atom stereocenters. The lowest BCUT2D eigenvalue weighted by Crippen LogP contribution is -2.32. The van der Waals surface area contributed by atoms with Crippen LogP contribution in [0, 0.1) is 0 Å². The van der Waals surface area contributed by atoms with Crippen molar-refractivity contribution in [1.82, 2.24) is 5.32 Å². The lowest BCUT2D eigenvalue weighted by Gasteiger charge is -1.99. The van der Waals surface area contributed by atoms with Crippen LogP contribution in [0.2, 0.25) is 0 Å². The maximum atomic E-state index is 10.4. The van der Waals surface area contributed by atoms with Crippen LogP contribution in [-0.4, -0.2) is 41.3 Å². The van der Waals surface area contributed by atoms with Crippen LogP contribution in [-0.2, 0) is 9.59 Å². The zero-order valence-corrected chi connectivity index (χ0v) is 7.19. The van der Waals surface area contributed by atoms with Crippen LogP contribution in [0.25, 0.3) is 0 Å². The lowest BCUT2D eigenvalue weighted by molar-refractivity contribution is -0.140. The zero-order chi connectivity index (χ0) is 10.3. The van der Waals surface area contributed by atoms with Gasteiger partial charge in [-0.05, 0) is 6.42 Å². The predicted octanol–water partition coefficient (Wildman–Crippen LogP) is -1.71. The number of hydrogen-bond acceptors (Lipinski definition) is 4. The fourth-order valence-electron chi connectivity index (χ4n) is 0.799. The Hall–Kier alpha value is -1.14. The molecule has 1 rings (SSSR count). The topological polar surface area (TPSA) is 113 Å². The number of nitrogens with two attached hydrogens (primary N) is 1. The molecule has 6 nitrogen and oxygen atoms in total. The first-order valence-corrected chi connectivity index (χ1v) is 3.95. The number of carboxylic acids is 1. The molecule has 0 radical (unpaired) electrons. The second kappa shape index (κ2) is 6.38. The van der Waals surface area contributed by atoms with Gasteiger partial charge in [0, 0.05) is 13.0 Å². The third-order valence-electron chi connectivity index (χ3n) is 1.42. The molecule has 1 amide bonds. The van der Waals surface area contributed by atoms with Crippen molar-refractivity contribution in [1.29, 1.82) is 0 Å². The lowest BCUT2D eigenvalue weighted by atomic mass is 10.2. The molecule has 1 aliphatic rings. The standard InChI is InChI=1S/C5H7NO3.C2H7NO/c7-4-2-1-3(6-4)5(8)9;3-1-2-4/h3H,1-2H2,(H,6,7)(H,8,9);4H,1-3H2. The molecule has 1 fully saturated rings. The van der Waals surface area contributed by atoms with Crippen LogP contribution >= 0.6 is 0 Å². The van der Waals surface area contributed by atoms with Crippen LogP contribution in [0.15, 0.2) is 0 Å². The van der Waals surface area contributed by atoms with E-state index in [2.05, 4.69) is 5.32 Å². The highest BCUT2D eigenvalue weighted by Crippen LogP contribution is 2.05. The van der Waals surface area contributed by atoms with Crippen molar-refractivity contribution in [3.63, 3.8) is 0 Å². The summed E-state index contributed by atoms with van der Waals surface area (Å²) in [5.74, 6) is -1.11. The third kappa shape index (κ3) is 5.15. The third-order valence-corrected chi connectivity index (χ3v) is 1.42. The van der Waals surface area contributed by atoms with E-state index in [0.29, 0.717) is 19.4 Å². The molecule has 1 saturated heterocycles. The van der Waals surface area contributed by atoms with Crippen molar-refractivity contribution in [3.05, 3.63) is 0 Å². The summed E-state index contributed by atoms with van der Waals surface area (Å²) in [6.45, 7) is 0.472. The first kappa shape index (κ1) is 11.9. The van der Waals surface area contributed by atoms with E-state index in [-0.39, 0.29) is 12.5 Å². The van der Waals surface area contributed by atoms with Gasteiger partial charge in [0.25, 0.3) is 0 Å². The van der Waals surface area contributed by atoms with Crippen LogP contribution in [0.3, 0.4) is 0 Å². The number of nitrogens with one attached hydrogen (secondary N) is 1. The van der Waals surface area contributed by atoms with Gasteiger partial charge in [0.1, 0.15) is 6.04 Å². The summed E-state index contributed by atoms with van der Waals surface area (Å²) in [5.41, 5.74) is 4.78. The van der Waals surface area contributed by atoms with Crippen LogP contribution < -0.4 is 11.1 Å². The fraction of sp³-hybridized carbons (Fsp3) is 0.714. The average Bonchev–Trinajstić information content (AvgIpc) is 2.52. The summed E-state index contributed by atoms with van der Waals surface area (Å²) in [5, 5.41) is 18.4. The Labute approximate surface area is 75.7 Å². The number of aliphatic hydroxyl groups excluding tert-OH is 1. The summed E-state index contributed by atoms with van der Waals surface area (Å²) in [4.78, 5) is 20.5. The molecule has 76 valence electrons. The van der Waals surface area contributed by atoms with E-state index >= 15 is 0 Å². The highest BCUT2D eigenvalue weighted by Gasteiger charge is 2.26.